The second kappa shape index (κ2) is 8.69. The van der Waals surface area contributed by atoms with Crippen LogP contribution < -0.4 is 10.1 Å². The van der Waals surface area contributed by atoms with Crippen LogP contribution in [0.25, 0.3) is 10.2 Å². The highest BCUT2D eigenvalue weighted by molar-refractivity contribution is 7.19. The van der Waals surface area contributed by atoms with E-state index < -0.39 is 11.7 Å². The Bertz CT molecular complexity index is 1240. The van der Waals surface area contributed by atoms with E-state index in [2.05, 4.69) is 27.0 Å². The van der Waals surface area contributed by atoms with Gasteiger partial charge in [0.2, 0.25) is 5.88 Å². The molecule has 1 N–H and O–H groups in total. The fourth-order valence-electron chi connectivity index (χ4n) is 3.77. The largest absolute Gasteiger partial charge is 0.481 e. The summed E-state index contributed by atoms with van der Waals surface area (Å²) in [7, 11) is 1.49. The number of halogens is 1. The van der Waals surface area contributed by atoms with Gasteiger partial charge in [-0.05, 0) is 44.4 Å². The summed E-state index contributed by atoms with van der Waals surface area (Å²) >= 11 is 7.58. The number of aryl methyl sites for hydroxylation is 1. The van der Waals surface area contributed by atoms with Crippen molar-refractivity contribution in [1.29, 1.82) is 0 Å². The molecule has 1 unspecified atom stereocenters. The highest BCUT2D eigenvalue weighted by atomic mass is 35.5. The molecule has 31 heavy (non-hydrogen) atoms. The van der Waals surface area contributed by atoms with E-state index in [9.17, 15) is 9.59 Å². The predicted octanol–water partition coefficient (Wildman–Crippen LogP) is 5.24. The summed E-state index contributed by atoms with van der Waals surface area (Å²) in [6, 6.07) is 5.26. The van der Waals surface area contributed by atoms with Gasteiger partial charge in [0.15, 0.2) is 0 Å². The maximum absolute atomic E-state index is 13.2. The molecule has 0 bridgehead atoms. The van der Waals surface area contributed by atoms with Crippen LogP contribution in [0.1, 0.15) is 27.3 Å². The van der Waals surface area contributed by atoms with Crippen molar-refractivity contribution in [3.8, 4) is 5.88 Å². The van der Waals surface area contributed by atoms with Crippen molar-refractivity contribution < 1.29 is 14.3 Å². The van der Waals surface area contributed by atoms with E-state index in [4.69, 9.17) is 16.3 Å². The van der Waals surface area contributed by atoms with E-state index in [0.717, 1.165) is 32.2 Å². The van der Waals surface area contributed by atoms with Gasteiger partial charge in [0.1, 0.15) is 0 Å². The van der Waals surface area contributed by atoms with Gasteiger partial charge < -0.3 is 14.6 Å². The van der Waals surface area contributed by atoms with Crippen molar-refractivity contribution in [2.24, 2.45) is 5.92 Å². The zero-order valence-electron chi connectivity index (χ0n) is 17.4. The number of amides is 1. The average molecular weight is 456 g/mol. The molecule has 6 nitrogen and oxygen atoms in total. The number of ether oxygens (including phenoxy) is 1. The number of nitrogens with one attached hydrogen (secondary N) is 1. The normalized spacial score (nSPS) is 15.7. The third kappa shape index (κ3) is 4.29. The topological polar surface area (TPSA) is 73.2 Å². The molecule has 1 atom stereocenters. The van der Waals surface area contributed by atoms with E-state index in [1.807, 2.05) is 26.0 Å². The summed E-state index contributed by atoms with van der Waals surface area (Å²) in [4.78, 5) is 31.1. The summed E-state index contributed by atoms with van der Waals surface area (Å²) in [5.41, 5.74) is 2.69. The van der Waals surface area contributed by atoms with Crippen LogP contribution in [0, 0.1) is 19.8 Å². The molecule has 0 radical (unpaired) electrons. The minimum Gasteiger partial charge on any atom is -0.481 e. The van der Waals surface area contributed by atoms with Crippen LogP contribution in [-0.4, -0.2) is 28.4 Å². The molecule has 1 aliphatic rings. The van der Waals surface area contributed by atoms with Gasteiger partial charge in [-0.15, -0.1) is 11.3 Å². The molecular weight excluding hydrogens is 434 g/mol. The molecule has 0 saturated heterocycles. The summed E-state index contributed by atoms with van der Waals surface area (Å²) in [5.74, 6) is -0.605. The lowest BCUT2D eigenvalue weighted by Crippen LogP contribution is -2.23. The van der Waals surface area contributed by atoms with Crippen molar-refractivity contribution in [3.05, 3.63) is 63.8 Å². The van der Waals surface area contributed by atoms with Gasteiger partial charge in [-0.25, -0.2) is 4.98 Å². The zero-order chi connectivity index (χ0) is 22.1. The molecule has 3 heterocycles. The zero-order valence-corrected chi connectivity index (χ0v) is 19.0. The summed E-state index contributed by atoms with van der Waals surface area (Å²) in [6.45, 7) is 4.62. The lowest BCUT2D eigenvalue weighted by molar-refractivity contribution is -0.112. The number of methoxy groups -OCH3 is 1. The molecule has 0 saturated carbocycles. The predicted molar refractivity (Wildman–Crippen MR) is 124 cm³/mol. The number of anilines is 1. The lowest BCUT2D eigenvalue weighted by atomic mass is 10.0. The van der Waals surface area contributed by atoms with Crippen molar-refractivity contribution in [3.63, 3.8) is 0 Å². The third-order valence-electron chi connectivity index (χ3n) is 5.32. The Morgan fingerprint density at radius 2 is 2.16 bits per heavy atom. The first-order valence-electron chi connectivity index (χ1n) is 9.86. The highest BCUT2D eigenvalue weighted by Crippen LogP contribution is 2.35. The fraction of sp³-hybridized carbons (Fsp3) is 0.261. The van der Waals surface area contributed by atoms with Gasteiger partial charge in [-0.1, -0.05) is 23.8 Å². The molecule has 0 aromatic carbocycles. The second-order valence-corrected chi connectivity index (χ2v) is 9.15. The van der Waals surface area contributed by atoms with Crippen molar-refractivity contribution >= 4 is 50.5 Å². The molecule has 0 spiro atoms. The molecule has 4 rings (SSSR count). The quantitative estimate of drug-likeness (QED) is 0.407. The van der Waals surface area contributed by atoms with E-state index in [1.54, 1.807) is 12.1 Å². The SMILES string of the molecule is COc1cc(NC(=O)C(=O)c2c(C)n(CC3C=CC(Cl)=CC3)c3cc(C)sc23)ccn1. The Hall–Kier alpha value is -2.90. The van der Waals surface area contributed by atoms with Gasteiger partial charge in [0.05, 0.1) is 22.9 Å². The number of Topliss-reactive ketones (excluding diaryl/α,β-unsaturated/α-hetero) is 1. The Morgan fingerprint density at radius 1 is 1.35 bits per heavy atom. The first kappa shape index (κ1) is 21.3. The van der Waals surface area contributed by atoms with Crippen molar-refractivity contribution in [2.75, 3.05) is 12.4 Å². The molecule has 3 aromatic rings. The number of pyridine rings is 1. The third-order valence-corrected chi connectivity index (χ3v) is 6.65. The smallest absolute Gasteiger partial charge is 0.296 e. The molecule has 1 aliphatic carbocycles. The fourth-order valence-corrected chi connectivity index (χ4v) is 5.04. The van der Waals surface area contributed by atoms with E-state index in [-0.39, 0.29) is 5.92 Å². The number of thiophene rings is 1. The monoisotopic (exact) mass is 455 g/mol. The van der Waals surface area contributed by atoms with Gasteiger partial charge in [-0.3, -0.25) is 9.59 Å². The number of fused-ring (bicyclic) bond motifs is 1. The van der Waals surface area contributed by atoms with Crippen LogP contribution in [0.15, 0.2) is 47.7 Å². The molecule has 0 aliphatic heterocycles. The van der Waals surface area contributed by atoms with Crippen molar-refractivity contribution in [2.45, 2.75) is 26.8 Å². The molecule has 1 amide bonds. The van der Waals surface area contributed by atoms with Crippen molar-refractivity contribution in [1.82, 2.24) is 9.55 Å². The van der Waals surface area contributed by atoms with Crippen LogP contribution in [-0.2, 0) is 11.3 Å². The van der Waals surface area contributed by atoms with E-state index in [0.29, 0.717) is 23.7 Å². The summed E-state index contributed by atoms with van der Waals surface area (Å²) < 4.78 is 8.06. The van der Waals surface area contributed by atoms with Gasteiger partial charge >= 0.3 is 0 Å². The number of aromatic nitrogens is 2. The van der Waals surface area contributed by atoms with Crippen LogP contribution in [0.2, 0.25) is 0 Å². The number of ketones is 1. The molecule has 3 aromatic heterocycles. The number of carbonyl (C=O) groups is 2. The number of allylic oxidation sites excluding steroid dienone is 4. The maximum atomic E-state index is 13.2. The van der Waals surface area contributed by atoms with Crippen LogP contribution in [0.3, 0.4) is 0 Å². The Kier molecular flexibility index (Phi) is 5.98. The summed E-state index contributed by atoms with van der Waals surface area (Å²) in [6.07, 6.45) is 8.36. The maximum Gasteiger partial charge on any atom is 0.296 e. The molecule has 8 heteroatoms. The highest BCUT2D eigenvalue weighted by Gasteiger charge is 2.27. The average Bonchev–Trinajstić information content (AvgIpc) is 3.24. The standard InChI is InChI=1S/C23H22ClN3O3S/c1-13-10-18-22(31-13)20(14(2)27(18)12-15-4-6-16(24)7-5-15)21(28)23(29)26-17-8-9-25-19(11-17)30-3/h4,6-11,15H,5,12H2,1-3H3,(H,25,26,29). The number of hydrogen-bond donors (Lipinski definition) is 1. The van der Waals surface area contributed by atoms with Gasteiger partial charge in [0, 0.05) is 40.1 Å². The first-order chi connectivity index (χ1) is 14.9. The lowest BCUT2D eigenvalue weighted by Gasteiger charge is -2.17. The minimum atomic E-state index is -0.686. The number of carbonyl (C=O) groups excluding carboxylic acids is 2. The van der Waals surface area contributed by atoms with E-state index >= 15 is 0 Å². The Morgan fingerprint density at radius 3 is 2.87 bits per heavy atom. The Balaban J connectivity index is 1.65. The van der Waals surface area contributed by atoms with E-state index in [1.165, 1.54) is 24.6 Å². The van der Waals surface area contributed by atoms with Gasteiger partial charge in [-0.2, -0.15) is 0 Å². The molecular formula is C23H22ClN3O3S. The van der Waals surface area contributed by atoms with Gasteiger partial charge in [0.25, 0.3) is 11.7 Å². The van der Waals surface area contributed by atoms with Crippen LogP contribution in [0.4, 0.5) is 5.69 Å². The van der Waals surface area contributed by atoms with Crippen LogP contribution in [0.5, 0.6) is 5.88 Å². The Labute approximate surface area is 189 Å². The minimum absolute atomic E-state index is 0.276. The molecule has 160 valence electrons. The first-order valence-corrected chi connectivity index (χ1v) is 11.1. The summed E-state index contributed by atoms with van der Waals surface area (Å²) in [5, 5.41) is 3.41. The number of nitrogens with zero attached hydrogens (tertiary/aromatic N) is 2. The van der Waals surface area contributed by atoms with Crippen LogP contribution >= 0.6 is 22.9 Å². The number of hydrogen-bond acceptors (Lipinski definition) is 5. The molecule has 0 fully saturated rings. The second-order valence-electron chi connectivity index (χ2n) is 7.46. The number of rotatable bonds is 6.